The number of aromatic amines is 1. The Balaban J connectivity index is 1.90. The van der Waals surface area contributed by atoms with Crippen LogP contribution < -0.4 is 5.56 Å². The summed E-state index contributed by atoms with van der Waals surface area (Å²) in [6.45, 7) is 3.24. The standard InChI is InChI=1S/C16H18FN3O3S/c1-10-11(4-3-5-13(10)17)8-20-7-6-12-14(9-20)18-16(19-15(12)21)24(2,22)23/h3-5H,6-9H2,1-2H3,(H,18,19,21). The predicted molar refractivity (Wildman–Crippen MR) is 86.9 cm³/mol. The normalized spacial score (nSPS) is 15.3. The fourth-order valence-electron chi connectivity index (χ4n) is 2.85. The third-order valence-electron chi connectivity index (χ3n) is 4.26. The van der Waals surface area contributed by atoms with Crippen molar-refractivity contribution in [3.8, 4) is 0 Å². The van der Waals surface area contributed by atoms with Crippen LogP contribution in [0.4, 0.5) is 4.39 Å². The van der Waals surface area contributed by atoms with Crippen molar-refractivity contribution in [1.82, 2.24) is 14.9 Å². The highest BCUT2D eigenvalue weighted by Crippen LogP contribution is 2.20. The van der Waals surface area contributed by atoms with Gasteiger partial charge in [0, 0.05) is 31.5 Å². The summed E-state index contributed by atoms with van der Waals surface area (Å²) in [6.07, 6.45) is 1.49. The molecule has 1 N–H and O–H groups in total. The Morgan fingerprint density at radius 2 is 2.12 bits per heavy atom. The molecule has 0 aliphatic carbocycles. The summed E-state index contributed by atoms with van der Waals surface area (Å²) < 4.78 is 36.9. The quantitative estimate of drug-likeness (QED) is 0.840. The summed E-state index contributed by atoms with van der Waals surface area (Å²) in [6, 6.07) is 4.95. The Hall–Kier alpha value is -2.06. The summed E-state index contributed by atoms with van der Waals surface area (Å²) in [5.74, 6) is -0.251. The molecule has 0 bridgehead atoms. The van der Waals surface area contributed by atoms with Gasteiger partial charge in [0.05, 0.1) is 5.69 Å². The Kier molecular flexibility index (Phi) is 4.27. The fraction of sp³-hybridized carbons (Fsp3) is 0.375. The van der Waals surface area contributed by atoms with Crippen LogP contribution in [0.2, 0.25) is 0 Å². The van der Waals surface area contributed by atoms with Gasteiger partial charge in [0.15, 0.2) is 0 Å². The molecule has 3 rings (SSSR count). The second-order valence-electron chi connectivity index (χ2n) is 6.05. The number of nitrogens with zero attached hydrogens (tertiary/aromatic N) is 2. The summed E-state index contributed by atoms with van der Waals surface area (Å²) in [5, 5.41) is -0.310. The number of benzene rings is 1. The van der Waals surface area contributed by atoms with Crippen molar-refractivity contribution in [2.75, 3.05) is 12.8 Å². The molecule has 1 aliphatic rings. The molecule has 8 heteroatoms. The van der Waals surface area contributed by atoms with Gasteiger partial charge < -0.3 is 0 Å². The number of aromatic nitrogens is 2. The van der Waals surface area contributed by atoms with Gasteiger partial charge in [-0.05, 0) is 30.5 Å². The maximum absolute atomic E-state index is 13.7. The smallest absolute Gasteiger partial charge is 0.255 e. The van der Waals surface area contributed by atoms with E-state index >= 15 is 0 Å². The molecule has 0 spiro atoms. The molecule has 0 fully saturated rings. The molecule has 0 saturated carbocycles. The van der Waals surface area contributed by atoms with Crippen LogP contribution in [0.1, 0.15) is 22.4 Å². The maximum atomic E-state index is 13.7. The van der Waals surface area contributed by atoms with Crippen LogP contribution in [0.5, 0.6) is 0 Å². The van der Waals surface area contributed by atoms with Crippen LogP contribution in [0, 0.1) is 12.7 Å². The molecule has 0 saturated heterocycles. The first kappa shape index (κ1) is 16.8. The van der Waals surface area contributed by atoms with Gasteiger partial charge in [-0.2, -0.15) is 0 Å². The Bertz CT molecular complexity index is 954. The minimum atomic E-state index is -3.58. The zero-order valence-corrected chi connectivity index (χ0v) is 14.3. The highest BCUT2D eigenvalue weighted by atomic mass is 32.2. The van der Waals surface area contributed by atoms with Crippen molar-refractivity contribution in [2.24, 2.45) is 0 Å². The number of H-pyrrole nitrogens is 1. The zero-order chi connectivity index (χ0) is 17.5. The maximum Gasteiger partial charge on any atom is 0.255 e. The first-order valence-electron chi connectivity index (χ1n) is 7.54. The average molecular weight is 351 g/mol. The van der Waals surface area contributed by atoms with Gasteiger partial charge in [-0.1, -0.05) is 12.1 Å². The molecule has 1 aliphatic heterocycles. The number of sulfone groups is 1. The van der Waals surface area contributed by atoms with E-state index < -0.39 is 15.4 Å². The molecule has 128 valence electrons. The first-order chi connectivity index (χ1) is 11.3. The number of hydrogen-bond donors (Lipinski definition) is 1. The van der Waals surface area contributed by atoms with Crippen molar-refractivity contribution in [3.63, 3.8) is 0 Å². The largest absolute Gasteiger partial charge is 0.297 e. The van der Waals surface area contributed by atoms with E-state index in [1.54, 1.807) is 13.0 Å². The molecule has 0 amide bonds. The fourth-order valence-corrected chi connectivity index (χ4v) is 3.40. The van der Waals surface area contributed by atoms with Crippen LogP contribution >= 0.6 is 0 Å². The first-order valence-corrected chi connectivity index (χ1v) is 9.43. The summed E-state index contributed by atoms with van der Waals surface area (Å²) >= 11 is 0. The topological polar surface area (TPSA) is 83.1 Å². The molecule has 6 nitrogen and oxygen atoms in total. The van der Waals surface area contributed by atoms with E-state index in [9.17, 15) is 17.6 Å². The number of nitrogens with one attached hydrogen (secondary N) is 1. The van der Waals surface area contributed by atoms with Gasteiger partial charge in [-0.3, -0.25) is 14.7 Å². The molecule has 1 aromatic heterocycles. The van der Waals surface area contributed by atoms with Gasteiger partial charge in [0.1, 0.15) is 5.82 Å². The molecule has 0 unspecified atom stereocenters. The molecule has 0 atom stereocenters. The Morgan fingerprint density at radius 1 is 1.38 bits per heavy atom. The van der Waals surface area contributed by atoms with E-state index in [4.69, 9.17) is 0 Å². The number of hydrogen-bond acceptors (Lipinski definition) is 5. The third kappa shape index (κ3) is 3.25. The lowest BCUT2D eigenvalue weighted by atomic mass is 10.0. The minimum Gasteiger partial charge on any atom is -0.297 e. The van der Waals surface area contributed by atoms with Crippen molar-refractivity contribution in [3.05, 3.63) is 56.8 Å². The van der Waals surface area contributed by atoms with Crippen LogP contribution in [0.15, 0.2) is 28.2 Å². The lowest BCUT2D eigenvalue weighted by Gasteiger charge is -2.28. The third-order valence-corrected chi connectivity index (χ3v) is 5.15. The lowest BCUT2D eigenvalue weighted by Crippen LogP contribution is -2.35. The number of fused-ring (bicyclic) bond motifs is 1. The lowest BCUT2D eigenvalue weighted by molar-refractivity contribution is 0.238. The number of halogens is 1. The van der Waals surface area contributed by atoms with Crippen molar-refractivity contribution in [2.45, 2.75) is 31.6 Å². The van der Waals surface area contributed by atoms with Gasteiger partial charge in [0.25, 0.3) is 5.56 Å². The molecular formula is C16H18FN3O3S. The van der Waals surface area contributed by atoms with Crippen molar-refractivity contribution < 1.29 is 12.8 Å². The molecule has 2 aromatic rings. The molecule has 24 heavy (non-hydrogen) atoms. The average Bonchev–Trinajstić information content (AvgIpc) is 2.50. The Morgan fingerprint density at radius 3 is 2.83 bits per heavy atom. The van der Waals surface area contributed by atoms with E-state index in [0.717, 1.165) is 11.8 Å². The monoisotopic (exact) mass is 351 g/mol. The Labute approximate surface area is 139 Å². The summed E-state index contributed by atoms with van der Waals surface area (Å²) in [7, 11) is -3.58. The molecule has 2 heterocycles. The van der Waals surface area contributed by atoms with Gasteiger partial charge in [-0.15, -0.1) is 0 Å². The SMILES string of the molecule is Cc1c(F)cccc1CN1CCc2c(nc(S(C)(=O)=O)[nH]c2=O)C1. The second kappa shape index (κ2) is 6.10. The summed E-state index contributed by atoms with van der Waals surface area (Å²) in [5.41, 5.74) is 2.06. The second-order valence-corrected chi connectivity index (χ2v) is 7.98. The highest BCUT2D eigenvalue weighted by molar-refractivity contribution is 7.90. The zero-order valence-electron chi connectivity index (χ0n) is 13.5. The van der Waals surface area contributed by atoms with Gasteiger partial charge >= 0.3 is 0 Å². The minimum absolute atomic E-state index is 0.251. The van der Waals surface area contributed by atoms with E-state index in [0.29, 0.717) is 42.9 Å². The molecule has 1 aromatic carbocycles. The highest BCUT2D eigenvalue weighted by Gasteiger charge is 2.23. The van der Waals surface area contributed by atoms with Crippen molar-refractivity contribution in [1.29, 1.82) is 0 Å². The van der Waals surface area contributed by atoms with E-state index in [2.05, 4.69) is 9.97 Å². The predicted octanol–water partition coefficient (Wildman–Crippen LogP) is 1.18. The van der Waals surface area contributed by atoms with Gasteiger partial charge in [0.2, 0.25) is 15.0 Å². The van der Waals surface area contributed by atoms with Crippen LogP contribution in [0.25, 0.3) is 0 Å². The van der Waals surface area contributed by atoms with Crippen LogP contribution in [0.3, 0.4) is 0 Å². The number of rotatable bonds is 3. The molecular weight excluding hydrogens is 333 g/mol. The van der Waals surface area contributed by atoms with E-state index in [-0.39, 0.29) is 11.0 Å². The van der Waals surface area contributed by atoms with Crippen molar-refractivity contribution >= 4 is 9.84 Å². The van der Waals surface area contributed by atoms with Crippen LogP contribution in [-0.4, -0.2) is 36.1 Å². The van der Waals surface area contributed by atoms with E-state index in [1.807, 2.05) is 11.0 Å². The summed E-state index contributed by atoms with van der Waals surface area (Å²) in [4.78, 5) is 20.5. The van der Waals surface area contributed by atoms with Gasteiger partial charge in [-0.25, -0.2) is 17.8 Å². The molecule has 0 radical (unpaired) electrons. The van der Waals surface area contributed by atoms with E-state index in [1.165, 1.54) is 6.07 Å². The van der Waals surface area contributed by atoms with Crippen LogP contribution in [-0.2, 0) is 29.3 Å².